The van der Waals surface area contributed by atoms with Gasteiger partial charge in [-0.15, -0.1) is 0 Å². The first-order valence-corrected chi connectivity index (χ1v) is 18.1. The normalized spacial score (nSPS) is 19.2. The van der Waals surface area contributed by atoms with Crippen LogP contribution in [-0.2, 0) is 5.41 Å². The molecule has 2 heteroatoms. The van der Waals surface area contributed by atoms with E-state index in [4.69, 9.17) is 4.42 Å². The van der Waals surface area contributed by atoms with Crippen LogP contribution in [0.5, 0.6) is 0 Å². The summed E-state index contributed by atoms with van der Waals surface area (Å²) < 4.78 is 8.83. The van der Waals surface area contributed by atoms with Crippen LogP contribution in [0.15, 0.2) is 156 Å². The lowest BCUT2D eigenvalue weighted by atomic mass is 9.72. The molecule has 51 heavy (non-hydrogen) atoms. The predicted octanol–water partition coefficient (Wildman–Crippen LogP) is 12.7. The van der Waals surface area contributed by atoms with E-state index in [1.165, 1.54) is 93.9 Å². The molecule has 0 fully saturated rings. The Bertz CT molecular complexity index is 2990. The molecule has 2 atom stereocenters. The van der Waals surface area contributed by atoms with Crippen LogP contribution in [0.3, 0.4) is 0 Å². The first-order chi connectivity index (χ1) is 25.0. The maximum atomic E-state index is 6.36. The smallest absolute Gasteiger partial charge is 0.135 e. The summed E-state index contributed by atoms with van der Waals surface area (Å²) in [6, 6.07) is 45.1. The van der Waals surface area contributed by atoms with Crippen LogP contribution in [0.1, 0.15) is 41.7 Å². The lowest BCUT2D eigenvalue weighted by Gasteiger charge is -2.31. The van der Waals surface area contributed by atoms with Crippen molar-refractivity contribution in [1.29, 1.82) is 0 Å². The number of benzene rings is 6. The molecule has 0 radical (unpaired) electrons. The summed E-state index contributed by atoms with van der Waals surface area (Å²) in [7, 11) is 0. The molecular weight excluding hydrogens is 619 g/mol. The molecule has 0 saturated carbocycles. The molecule has 0 bridgehead atoms. The summed E-state index contributed by atoms with van der Waals surface area (Å²) in [5.41, 5.74) is 19.1. The number of nitrogens with zero attached hydrogens (tertiary/aromatic N) is 1. The minimum atomic E-state index is -0.151. The summed E-state index contributed by atoms with van der Waals surface area (Å²) in [5.74, 6) is 0.723. The molecule has 0 amide bonds. The van der Waals surface area contributed by atoms with E-state index in [1.807, 2.05) is 6.07 Å². The number of para-hydroxylation sites is 2. The Morgan fingerprint density at radius 2 is 1.22 bits per heavy atom. The molecule has 0 spiro atoms. The summed E-state index contributed by atoms with van der Waals surface area (Å²) in [4.78, 5) is 0. The van der Waals surface area contributed by atoms with E-state index in [0.29, 0.717) is 11.8 Å². The van der Waals surface area contributed by atoms with Crippen molar-refractivity contribution in [1.82, 2.24) is 4.57 Å². The fraction of sp³-hybridized carbons (Fsp3) is 0.102. The molecule has 6 aromatic carbocycles. The van der Waals surface area contributed by atoms with Crippen LogP contribution in [0.4, 0.5) is 0 Å². The highest BCUT2D eigenvalue weighted by molar-refractivity contribution is 6.13. The Morgan fingerprint density at radius 1 is 0.529 bits per heavy atom. The zero-order valence-corrected chi connectivity index (χ0v) is 28.4. The second kappa shape index (κ2) is 9.56. The van der Waals surface area contributed by atoms with Crippen molar-refractivity contribution >= 4 is 60.5 Å². The maximum absolute atomic E-state index is 6.36. The van der Waals surface area contributed by atoms with Gasteiger partial charge in [0.25, 0.3) is 0 Å². The van der Waals surface area contributed by atoms with E-state index in [9.17, 15) is 0 Å². The average Bonchev–Trinajstić information content (AvgIpc) is 3.87. The fourth-order valence-corrected chi connectivity index (χ4v) is 10.0. The second-order valence-corrected chi connectivity index (χ2v) is 15.2. The van der Waals surface area contributed by atoms with Crippen molar-refractivity contribution < 1.29 is 4.42 Å². The molecular formula is C49H33NO. The Kier molecular flexibility index (Phi) is 5.19. The highest BCUT2D eigenvalue weighted by Gasteiger charge is 2.40. The SMILES string of the molecule is CC1(C)c2cc3oc4ccccc4c3cc2-c2cc3c(cc21)c1ccccc1n3-c1ccc(C2=CC=C3c4ccccc4C4=CC=CC2C43)cc1. The van der Waals surface area contributed by atoms with Crippen molar-refractivity contribution in [2.75, 3.05) is 0 Å². The third-order valence-corrected chi connectivity index (χ3v) is 12.4. The van der Waals surface area contributed by atoms with E-state index >= 15 is 0 Å². The van der Waals surface area contributed by atoms with Crippen LogP contribution >= 0.6 is 0 Å². The van der Waals surface area contributed by atoms with Gasteiger partial charge < -0.3 is 8.98 Å². The van der Waals surface area contributed by atoms with Crippen LogP contribution in [0.25, 0.3) is 77.3 Å². The number of rotatable bonds is 2. The van der Waals surface area contributed by atoms with Crippen LogP contribution in [-0.4, -0.2) is 4.57 Å². The maximum Gasteiger partial charge on any atom is 0.135 e. The summed E-state index contributed by atoms with van der Waals surface area (Å²) in [6.07, 6.45) is 11.7. The number of furan rings is 1. The number of hydrogen-bond acceptors (Lipinski definition) is 1. The molecule has 240 valence electrons. The van der Waals surface area contributed by atoms with Crippen LogP contribution in [0, 0.1) is 11.8 Å². The van der Waals surface area contributed by atoms with Gasteiger partial charge in [-0.2, -0.15) is 0 Å². The van der Waals surface area contributed by atoms with E-state index in [2.05, 4.69) is 164 Å². The third-order valence-electron chi connectivity index (χ3n) is 12.4. The summed E-state index contributed by atoms with van der Waals surface area (Å²) in [6.45, 7) is 4.72. The standard InChI is InChI=1S/C49H33NO/c1-49(2)42-25-40-33-12-5-7-16-44(33)50(45(40)26-39(42)38-24-41-34-13-6-8-17-46(34)51-47(41)27-43(38)49)29-20-18-28(19-21-29)30-22-23-37-32-11-4-3-10-31(32)36-15-9-14-35(30)48(36)37/h3-27,35,48H,1-2H3. The topological polar surface area (TPSA) is 18.1 Å². The first-order valence-electron chi connectivity index (χ1n) is 18.1. The Morgan fingerprint density at radius 3 is 2.06 bits per heavy atom. The van der Waals surface area contributed by atoms with Crippen molar-refractivity contribution in [2.45, 2.75) is 19.3 Å². The monoisotopic (exact) mass is 651 g/mol. The lowest BCUT2D eigenvalue weighted by molar-refractivity contribution is 0.648. The van der Waals surface area contributed by atoms with Crippen molar-refractivity contribution in [2.24, 2.45) is 11.8 Å². The van der Waals surface area contributed by atoms with Crippen LogP contribution in [0.2, 0.25) is 0 Å². The molecule has 12 rings (SSSR count). The third kappa shape index (κ3) is 3.52. The zero-order chi connectivity index (χ0) is 33.6. The molecule has 0 aliphatic heterocycles. The van der Waals surface area contributed by atoms with Crippen molar-refractivity contribution in [3.63, 3.8) is 0 Å². The first kappa shape index (κ1) is 27.7. The largest absolute Gasteiger partial charge is 0.456 e. The van der Waals surface area contributed by atoms with Crippen LogP contribution < -0.4 is 0 Å². The van der Waals surface area contributed by atoms with Gasteiger partial charge in [0.05, 0.1) is 11.0 Å². The molecule has 4 aliphatic carbocycles. The molecule has 0 saturated heterocycles. The van der Waals surface area contributed by atoms with Gasteiger partial charge >= 0.3 is 0 Å². The zero-order valence-electron chi connectivity index (χ0n) is 28.4. The lowest BCUT2D eigenvalue weighted by Crippen LogP contribution is -2.18. The van der Waals surface area contributed by atoms with Crippen molar-refractivity contribution in [3.8, 4) is 16.8 Å². The van der Waals surface area contributed by atoms with Gasteiger partial charge in [0.2, 0.25) is 0 Å². The molecule has 2 heterocycles. The Labute approximate surface area is 296 Å². The minimum absolute atomic E-state index is 0.151. The Balaban J connectivity index is 1.02. The quantitative estimate of drug-likeness (QED) is 0.182. The molecule has 0 N–H and O–H groups in total. The highest BCUT2D eigenvalue weighted by Crippen LogP contribution is 2.56. The molecule has 2 unspecified atom stereocenters. The number of fused-ring (bicyclic) bond motifs is 12. The second-order valence-electron chi connectivity index (χ2n) is 15.2. The van der Waals surface area contributed by atoms with Crippen molar-refractivity contribution in [3.05, 3.63) is 180 Å². The fourth-order valence-electron chi connectivity index (χ4n) is 10.0. The van der Waals surface area contributed by atoms with Gasteiger partial charge in [0.15, 0.2) is 0 Å². The average molecular weight is 652 g/mol. The number of aromatic nitrogens is 1. The summed E-state index contributed by atoms with van der Waals surface area (Å²) in [5, 5.41) is 4.93. The highest BCUT2D eigenvalue weighted by atomic mass is 16.3. The molecule has 2 aromatic heterocycles. The van der Waals surface area contributed by atoms with E-state index in [0.717, 1.165) is 11.2 Å². The molecule has 8 aromatic rings. The van der Waals surface area contributed by atoms with Gasteiger partial charge in [-0.25, -0.2) is 0 Å². The Hall–Kier alpha value is -6.12. The number of allylic oxidation sites excluding steroid dienone is 8. The molecule has 4 aliphatic rings. The van der Waals surface area contributed by atoms with Gasteiger partial charge in [-0.05, 0) is 104 Å². The minimum Gasteiger partial charge on any atom is -0.456 e. The van der Waals surface area contributed by atoms with Gasteiger partial charge in [0, 0.05) is 44.5 Å². The van der Waals surface area contributed by atoms with E-state index < -0.39 is 0 Å². The molecule has 2 nitrogen and oxygen atoms in total. The predicted molar refractivity (Wildman–Crippen MR) is 212 cm³/mol. The van der Waals surface area contributed by atoms with Gasteiger partial charge in [0.1, 0.15) is 11.2 Å². The van der Waals surface area contributed by atoms with Gasteiger partial charge in [-0.3, -0.25) is 0 Å². The van der Waals surface area contributed by atoms with Gasteiger partial charge in [-0.1, -0.05) is 117 Å². The number of hydrogen-bond donors (Lipinski definition) is 0. The van der Waals surface area contributed by atoms with E-state index in [1.54, 1.807) is 0 Å². The summed E-state index contributed by atoms with van der Waals surface area (Å²) >= 11 is 0. The van der Waals surface area contributed by atoms with E-state index in [-0.39, 0.29) is 5.41 Å².